The van der Waals surface area contributed by atoms with Crippen LogP contribution in [0.3, 0.4) is 0 Å². The van der Waals surface area contributed by atoms with E-state index in [0.29, 0.717) is 12.6 Å². The lowest BCUT2D eigenvalue weighted by molar-refractivity contribution is 0.120. The third kappa shape index (κ3) is 5.07. The SMILES string of the molecule is CCNC(=NCc1cc(Br)cs1)NC1CCC(O)CC1. The molecule has 1 aromatic heterocycles. The first kappa shape index (κ1) is 15.8. The van der Waals surface area contributed by atoms with E-state index in [1.807, 2.05) is 0 Å². The molecule has 1 saturated carbocycles. The molecule has 1 heterocycles. The summed E-state index contributed by atoms with van der Waals surface area (Å²) >= 11 is 5.18. The van der Waals surface area contributed by atoms with Crippen molar-refractivity contribution in [2.24, 2.45) is 4.99 Å². The highest BCUT2D eigenvalue weighted by atomic mass is 79.9. The number of thiophene rings is 1. The maximum Gasteiger partial charge on any atom is 0.191 e. The molecule has 4 nitrogen and oxygen atoms in total. The topological polar surface area (TPSA) is 56.7 Å². The number of nitrogens with one attached hydrogen (secondary N) is 2. The van der Waals surface area contributed by atoms with Crippen molar-refractivity contribution in [2.75, 3.05) is 6.54 Å². The lowest BCUT2D eigenvalue weighted by Crippen LogP contribution is -2.45. The standard InChI is InChI=1S/C14H22BrN3OS/c1-2-16-14(17-8-13-7-10(15)9-20-13)18-11-3-5-12(19)6-4-11/h7,9,11-12,19H,2-6,8H2,1H3,(H2,16,17,18). The van der Waals surface area contributed by atoms with Gasteiger partial charge in [-0.25, -0.2) is 4.99 Å². The predicted molar refractivity (Wildman–Crippen MR) is 88.2 cm³/mol. The highest BCUT2D eigenvalue weighted by molar-refractivity contribution is 9.10. The Balaban J connectivity index is 1.88. The second kappa shape index (κ2) is 8.00. The first-order valence-electron chi connectivity index (χ1n) is 7.13. The minimum Gasteiger partial charge on any atom is -0.393 e. The van der Waals surface area contributed by atoms with Gasteiger partial charge in [-0.1, -0.05) is 0 Å². The highest BCUT2D eigenvalue weighted by Gasteiger charge is 2.19. The van der Waals surface area contributed by atoms with Crippen LogP contribution in [0.5, 0.6) is 0 Å². The zero-order valence-corrected chi connectivity index (χ0v) is 14.1. The summed E-state index contributed by atoms with van der Waals surface area (Å²) in [5.41, 5.74) is 0. The molecule has 6 heteroatoms. The average molecular weight is 360 g/mol. The van der Waals surface area contributed by atoms with Gasteiger partial charge in [0.2, 0.25) is 0 Å². The Kier molecular flexibility index (Phi) is 6.32. The second-order valence-corrected chi connectivity index (χ2v) is 6.99. The summed E-state index contributed by atoms with van der Waals surface area (Å²) in [5.74, 6) is 0.874. The molecule has 0 atom stereocenters. The van der Waals surface area contributed by atoms with E-state index in [-0.39, 0.29) is 6.10 Å². The number of hydrogen-bond donors (Lipinski definition) is 3. The molecule has 3 N–H and O–H groups in total. The molecule has 2 rings (SSSR count). The van der Waals surface area contributed by atoms with Crippen molar-refractivity contribution >= 4 is 33.2 Å². The van der Waals surface area contributed by atoms with Gasteiger partial charge >= 0.3 is 0 Å². The van der Waals surface area contributed by atoms with Crippen molar-refractivity contribution in [3.63, 3.8) is 0 Å². The number of guanidine groups is 1. The minimum atomic E-state index is -0.115. The van der Waals surface area contributed by atoms with Gasteiger partial charge in [-0.15, -0.1) is 11.3 Å². The van der Waals surface area contributed by atoms with Crippen LogP contribution in [-0.2, 0) is 6.54 Å². The number of nitrogens with zero attached hydrogens (tertiary/aromatic N) is 1. The fourth-order valence-electron chi connectivity index (χ4n) is 2.33. The van der Waals surface area contributed by atoms with Crippen LogP contribution in [0.4, 0.5) is 0 Å². The fourth-order valence-corrected chi connectivity index (χ4v) is 3.70. The molecule has 0 unspecified atom stereocenters. The predicted octanol–water partition coefficient (Wildman–Crippen LogP) is 2.87. The smallest absolute Gasteiger partial charge is 0.191 e. The molecule has 20 heavy (non-hydrogen) atoms. The molecule has 1 aromatic rings. The molecular weight excluding hydrogens is 338 g/mol. The zero-order valence-electron chi connectivity index (χ0n) is 11.7. The monoisotopic (exact) mass is 359 g/mol. The van der Waals surface area contributed by atoms with E-state index in [9.17, 15) is 5.11 Å². The summed E-state index contributed by atoms with van der Waals surface area (Å²) in [6, 6.07) is 2.53. The van der Waals surface area contributed by atoms with E-state index in [2.05, 4.69) is 49.9 Å². The Labute approximate surface area is 132 Å². The maximum absolute atomic E-state index is 9.54. The third-order valence-corrected chi connectivity index (χ3v) is 5.08. The van der Waals surface area contributed by atoms with Gasteiger partial charge in [0.05, 0.1) is 12.6 Å². The number of hydrogen-bond acceptors (Lipinski definition) is 3. The van der Waals surface area contributed by atoms with Crippen LogP contribution in [0.15, 0.2) is 20.9 Å². The molecule has 0 spiro atoms. The van der Waals surface area contributed by atoms with Crippen LogP contribution < -0.4 is 10.6 Å². The van der Waals surface area contributed by atoms with Crippen molar-refractivity contribution in [3.05, 3.63) is 20.8 Å². The van der Waals surface area contributed by atoms with E-state index in [1.54, 1.807) is 11.3 Å². The summed E-state index contributed by atoms with van der Waals surface area (Å²) in [4.78, 5) is 5.88. The third-order valence-electron chi connectivity index (χ3n) is 3.40. The quantitative estimate of drug-likeness (QED) is 0.572. The van der Waals surface area contributed by atoms with Crippen molar-refractivity contribution in [1.82, 2.24) is 10.6 Å². The fraction of sp³-hybridized carbons (Fsp3) is 0.643. The number of halogens is 1. The van der Waals surface area contributed by atoms with Crippen LogP contribution in [0.2, 0.25) is 0 Å². The Morgan fingerprint density at radius 1 is 1.45 bits per heavy atom. The van der Waals surface area contributed by atoms with Gasteiger partial charge in [-0.2, -0.15) is 0 Å². The van der Waals surface area contributed by atoms with Gasteiger partial charge in [-0.3, -0.25) is 0 Å². The van der Waals surface area contributed by atoms with Gasteiger partial charge in [0.15, 0.2) is 5.96 Å². The van der Waals surface area contributed by atoms with Crippen LogP contribution in [0.1, 0.15) is 37.5 Å². The highest BCUT2D eigenvalue weighted by Crippen LogP contribution is 2.20. The summed E-state index contributed by atoms with van der Waals surface area (Å²) < 4.78 is 1.12. The molecule has 0 aromatic carbocycles. The number of rotatable bonds is 4. The number of aliphatic hydroxyl groups is 1. The summed E-state index contributed by atoms with van der Waals surface area (Å²) in [6.45, 7) is 3.62. The second-order valence-electron chi connectivity index (χ2n) is 5.08. The van der Waals surface area contributed by atoms with Crippen molar-refractivity contribution in [1.29, 1.82) is 0 Å². The van der Waals surface area contributed by atoms with E-state index in [0.717, 1.165) is 42.7 Å². The van der Waals surface area contributed by atoms with Gasteiger partial charge in [0.1, 0.15) is 0 Å². The van der Waals surface area contributed by atoms with Crippen LogP contribution >= 0.6 is 27.3 Å². The van der Waals surface area contributed by atoms with Gasteiger partial charge in [-0.05, 0) is 54.6 Å². The normalized spacial score (nSPS) is 23.6. The Morgan fingerprint density at radius 3 is 2.80 bits per heavy atom. The summed E-state index contributed by atoms with van der Waals surface area (Å²) in [5, 5.41) is 18.4. The molecule has 1 fully saturated rings. The average Bonchev–Trinajstić information content (AvgIpc) is 2.85. The number of aliphatic hydroxyl groups excluding tert-OH is 1. The zero-order chi connectivity index (χ0) is 14.4. The van der Waals surface area contributed by atoms with Crippen LogP contribution in [0, 0.1) is 0 Å². The maximum atomic E-state index is 9.54. The summed E-state index contributed by atoms with van der Waals surface area (Å²) in [6.07, 6.45) is 3.67. The first-order chi connectivity index (χ1) is 9.67. The number of aliphatic imine (C=N–C) groups is 1. The Bertz CT molecular complexity index is 441. The minimum absolute atomic E-state index is 0.115. The van der Waals surface area contributed by atoms with E-state index >= 15 is 0 Å². The van der Waals surface area contributed by atoms with Gasteiger partial charge in [0.25, 0.3) is 0 Å². The van der Waals surface area contributed by atoms with Crippen LogP contribution in [-0.4, -0.2) is 29.8 Å². The van der Waals surface area contributed by atoms with E-state index < -0.39 is 0 Å². The molecule has 112 valence electrons. The summed E-state index contributed by atoms with van der Waals surface area (Å²) in [7, 11) is 0. The Hall–Kier alpha value is -0.590. The molecular formula is C14H22BrN3OS. The van der Waals surface area contributed by atoms with E-state index in [1.165, 1.54) is 4.88 Å². The van der Waals surface area contributed by atoms with Crippen molar-refractivity contribution in [3.8, 4) is 0 Å². The molecule has 0 bridgehead atoms. The van der Waals surface area contributed by atoms with Gasteiger partial charge in [0, 0.05) is 27.3 Å². The molecule has 0 radical (unpaired) electrons. The largest absolute Gasteiger partial charge is 0.393 e. The lowest BCUT2D eigenvalue weighted by Gasteiger charge is -2.27. The van der Waals surface area contributed by atoms with Crippen molar-refractivity contribution in [2.45, 2.75) is 51.3 Å². The first-order valence-corrected chi connectivity index (χ1v) is 8.80. The molecule has 1 aliphatic rings. The Morgan fingerprint density at radius 2 is 2.20 bits per heavy atom. The van der Waals surface area contributed by atoms with Crippen molar-refractivity contribution < 1.29 is 5.11 Å². The lowest BCUT2D eigenvalue weighted by atomic mass is 9.93. The molecule has 0 aliphatic heterocycles. The van der Waals surface area contributed by atoms with Crippen LogP contribution in [0.25, 0.3) is 0 Å². The van der Waals surface area contributed by atoms with E-state index in [4.69, 9.17) is 0 Å². The van der Waals surface area contributed by atoms with Gasteiger partial charge < -0.3 is 15.7 Å². The molecule has 0 saturated heterocycles. The molecule has 0 amide bonds. The molecule has 1 aliphatic carbocycles.